The number of hydrogen-bond donors (Lipinski definition) is 0. The van der Waals surface area contributed by atoms with Gasteiger partial charge in [-0.1, -0.05) is 17.3 Å². The largest absolute Gasteiger partial charge is 0.485 e. The van der Waals surface area contributed by atoms with E-state index < -0.39 is 0 Å². The maximum absolute atomic E-state index is 13.2. The van der Waals surface area contributed by atoms with Gasteiger partial charge in [0, 0.05) is 6.04 Å². The van der Waals surface area contributed by atoms with Crippen LogP contribution in [0.4, 0.5) is 8.78 Å². The van der Waals surface area contributed by atoms with Gasteiger partial charge in [-0.05, 0) is 61.3 Å². The average molecular weight is 371 g/mol. The summed E-state index contributed by atoms with van der Waals surface area (Å²) in [4.78, 5) is 6.63. The van der Waals surface area contributed by atoms with Crippen LogP contribution in [0.2, 0.25) is 0 Å². The van der Waals surface area contributed by atoms with Crippen LogP contribution in [0.25, 0.3) is 0 Å². The molecule has 7 heteroatoms. The summed E-state index contributed by atoms with van der Waals surface area (Å²) >= 11 is 0. The number of hydrogen-bond acceptors (Lipinski definition) is 5. The van der Waals surface area contributed by atoms with E-state index in [-0.39, 0.29) is 24.3 Å². The molecule has 2 aromatic carbocycles. The van der Waals surface area contributed by atoms with Crippen molar-refractivity contribution in [2.45, 2.75) is 32.0 Å². The van der Waals surface area contributed by atoms with Crippen LogP contribution in [0.1, 0.15) is 36.2 Å². The molecular formula is C20H19F2N3O2. The molecule has 0 N–H and O–H groups in total. The van der Waals surface area contributed by atoms with Crippen LogP contribution < -0.4 is 4.74 Å². The Balaban J connectivity index is 1.36. The highest BCUT2D eigenvalue weighted by Crippen LogP contribution is 2.33. The summed E-state index contributed by atoms with van der Waals surface area (Å²) in [6.45, 7) is 1.61. The fourth-order valence-corrected chi connectivity index (χ4v) is 3.34. The third kappa shape index (κ3) is 4.31. The van der Waals surface area contributed by atoms with Crippen molar-refractivity contribution in [3.63, 3.8) is 0 Å². The molecule has 0 amide bonds. The molecule has 1 aliphatic heterocycles. The van der Waals surface area contributed by atoms with E-state index in [1.165, 1.54) is 24.3 Å². The first kappa shape index (κ1) is 17.6. The van der Waals surface area contributed by atoms with Gasteiger partial charge in [0.1, 0.15) is 17.4 Å². The Morgan fingerprint density at radius 1 is 1.04 bits per heavy atom. The van der Waals surface area contributed by atoms with Crippen LogP contribution in [0.15, 0.2) is 53.1 Å². The zero-order valence-corrected chi connectivity index (χ0v) is 14.6. The van der Waals surface area contributed by atoms with Crippen molar-refractivity contribution in [1.82, 2.24) is 15.0 Å². The monoisotopic (exact) mass is 371 g/mol. The number of rotatable bonds is 6. The highest BCUT2D eigenvalue weighted by Gasteiger charge is 2.27. The smallest absolute Gasteiger partial charge is 0.240 e. The maximum atomic E-state index is 13.2. The van der Waals surface area contributed by atoms with Crippen molar-refractivity contribution in [3.8, 4) is 5.75 Å². The molecule has 1 aliphatic rings. The molecule has 140 valence electrons. The lowest BCUT2D eigenvalue weighted by Crippen LogP contribution is -2.23. The molecule has 0 saturated carbocycles. The second-order valence-electron chi connectivity index (χ2n) is 6.53. The third-order valence-electron chi connectivity index (χ3n) is 4.65. The predicted molar refractivity (Wildman–Crippen MR) is 93.8 cm³/mol. The summed E-state index contributed by atoms with van der Waals surface area (Å²) < 4.78 is 36.9. The molecule has 3 aromatic rings. The first-order chi connectivity index (χ1) is 13.2. The number of aromatic nitrogens is 2. The van der Waals surface area contributed by atoms with Gasteiger partial charge in [0.25, 0.3) is 0 Å². The zero-order valence-electron chi connectivity index (χ0n) is 14.6. The van der Waals surface area contributed by atoms with Crippen molar-refractivity contribution in [2.75, 3.05) is 6.54 Å². The molecule has 2 heterocycles. The Morgan fingerprint density at radius 2 is 1.74 bits per heavy atom. The number of likely N-dealkylation sites (tertiary alicyclic amines) is 1. The number of halogens is 2. The Morgan fingerprint density at radius 3 is 2.48 bits per heavy atom. The van der Waals surface area contributed by atoms with Crippen LogP contribution >= 0.6 is 0 Å². The van der Waals surface area contributed by atoms with Gasteiger partial charge in [-0.2, -0.15) is 4.98 Å². The maximum Gasteiger partial charge on any atom is 0.240 e. The van der Waals surface area contributed by atoms with Crippen molar-refractivity contribution >= 4 is 0 Å². The van der Waals surface area contributed by atoms with E-state index in [1.54, 1.807) is 12.1 Å². The highest BCUT2D eigenvalue weighted by molar-refractivity contribution is 5.22. The summed E-state index contributed by atoms with van der Waals surface area (Å²) in [5, 5.41) is 3.94. The average Bonchev–Trinajstić information content (AvgIpc) is 3.32. The van der Waals surface area contributed by atoms with Crippen LogP contribution in [0, 0.1) is 11.6 Å². The van der Waals surface area contributed by atoms with Crippen LogP contribution in [-0.4, -0.2) is 21.6 Å². The first-order valence-electron chi connectivity index (χ1n) is 8.87. The van der Waals surface area contributed by atoms with E-state index in [4.69, 9.17) is 9.26 Å². The Kier molecular flexibility index (Phi) is 5.11. The minimum atomic E-state index is -0.314. The van der Waals surface area contributed by atoms with Gasteiger partial charge in [0.05, 0.1) is 6.54 Å². The summed E-state index contributed by atoms with van der Waals surface area (Å²) in [6.07, 6.45) is 2.08. The van der Waals surface area contributed by atoms with E-state index in [2.05, 4.69) is 15.0 Å². The van der Waals surface area contributed by atoms with E-state index >= 15 is 0 Å². The van der Waals surface area contributed by atoms with E-state index in [9.17, 15) is 8.78 Å². The van der Waals surface area contributed by atoms with Gasteiger partial charge in [0.15, 0.2) is 6.61 Å². The minimum absolute atomic E-state index is 0.149. The molecule has 1 atom stereocenters. The lowest BCUT2D eigenvalue weighted by atomic mass is 10.0. The lowest BCUT2D eigenvalue weighted by Gasteiger charge is -2.23. The number of benzene rings is 2. The summed E-state index contributed by atoms with van der Waals surface area (Å²) in [5.41, 5.74) is 1.09. The van der Waals surface area contributed by atoms with Gasteiger partial charge in [-0.3, -0.25) is 4.90 Å². The topological polar surface area (TPSA) is 51.4 Å². The molecule has 4 rings (SSSR count). The molecule has 0 spiro atoms. The Hall–Kier alpha value is -2.80. The van der Waals surface area contributed by atoms with Gasteiger partial charge in [-0.25, -0.2) is 8.78 Å². The molecule has 0 bridgehead atoms. The SMILES string of the molecule is Fc1ccc(OCc2noc(CN3CCCC3c3ccc(F)cc3)n2)cc1. The Labute approximate surface area is 155 Å². The second-order valence-corrected chi connectivity index (χ2v) is 6.53. The first-order valence-corrected chi connectivity index (χ1v) is 8.87. The van der Waals surface area contributed by atoms with Gasteiger partial charge in [-0.15, -0.1) is 0 Å². The fraction of sp³-hybridized carbons (Fsp3) is 0.300. The number of nitrogens with zero attached hydrogens (tertiary/aromatic N) is 3. The lowest BCUT2D eigenvalue weighted by molar-refractivity contribution is 0.211. The molecule has 0 aliphatic carbocycles. The van der Waals surface area contributed by atoms with E-state index in [0.29, 0.717) is 24.0 Å². The molecule has 0 radical (unpaired) electrons. The normalized spacial score (nSPS) is 17.3. The van der Waals surface area contributed by atoms with Crippen molar-refractivity contribution in [1.29, 1.82) is 0 Å². The molecular weight excluding hydrogens is 352 g/mol. The Bertz CT molecular complexity index is 881. The molecule has 5 nitrogen and oxygen atoms in total. The quantitative estimate of drug-likeness (QED) is 0.648. The van der Waals surface area contributed by atoms with Crippen LogP contribution in [-0.2, 0) is 13.2 Å². The van der Waals surface area contributed by atoms with Gasteiger partial charge < -0.3 is 9.26 Å². The van der Waals surface area contributed by atoms with Crippen LogP contribution in [0.5, 0.6) is 5.75 Å². The highest BCUT2D eigenvalue weighted by atomic mass is 19.1. The molecule has 27 heavy (non-hydrogen) atoms. The van der Waals surface area contributed by atoms with E-state index in [1.807, 2.05) is 12.1 Å². The van der Waals surface area contributed by atoms with Crippen molar-refractivity contribution in [2.24, 2.45) is 0 Å². The molecule has 1 fully saturated rings. The van der Waals surface area contributed by atoms with Crippen molar-refractivity contribution in [3.05, 3.63) is 77.4 Å². The molecule has 1 aromatic heterocycles. The molecule has 1 unspecified atom stereocenters. The summed E-state index contributed by atoms with van der Waals surface area (Å²) in [6, 6.07) is 12.6. The standard InChI is InChI=1S/C20H19F2N3O2/c21-15-5-3-14(4-6-15)18-2-1-11-25(18)12-20-23-19(24-27-20)13-26-17-9-7-16(22)8-10-17/h3-10,18H,1-2,11-13H2. The zero-order chi connectivity index (χ0) is 18.6. The summed E-state index contributed by atoms with van der Waals surface area (Å²) in [7, 11) is 0. The minimum Gasteiger partial charge on any atom is -0.485 e. The van der Waals surface area contributed by atoms with Gasteiger partial charge in [0.2, 0.25) is 11.7 Å². The van der Waals surface area contributed by atoms with Crippen LogP contribution in [0.3, 0.4) is 0 Å². The van der Waals surface area contributed by atoms with E-state index in [0.717, 1.165) is 24.9 Å². The van der Waals surface area contributed by atoms with Crippen molar-refractivity contribution < 1.29 is 18.0 Å². The van der Waals surface area contributed by atoms with Gasteiger partial charge >= 0.3 is 0 Å². The predicted octanol–water partition coefficient (Wildman–Crippen LogP) is 4.26. The second kappa shape index (κ2) is 7.84. The number of ether oxygens (including phenoxy) is 1. The molecule has 1 saturated heterocycles. The third-order valence-corrected chi connectivity index (χ3v) is 4.65. The fourth-order valence-electron chi connectivity index (χ4n) is 3.34. The summed E-state index contributed by atoms with van der Waals surface area (Å²) in [5.74, 6) is 0.948.